The Hall–Kier alpha value is -2.91. The van der Waals surface area contributed by atoms with Gasteiger partial charge >= 0.3 is 5.97 Å². The summed E-state index contributed by atoms with van der Waals surface area (Å²) in [5.74, 6) is 0.0649. The van der Waals surface area contributed by atoms with Gasteiger partial charge in [0.25, 0.3) is 0 Å². The number of thiazole rings is 1. The van der Waals surface area contributed by atoms with Gasteiger partial charge in [-0.05, 0) is 23.6 Å². The third-order valence-corrected chi connectivity index (χ3v) is 5.50. The Morgan fingerprint density at radius 2 is 2.04 bits per heavy atom. The van der Waals surface area contributed by atoms with E-state index in [9.17, 15) is 4.79 Å². The average Bonchev–Trinajstić information content (AvgIpc) is 3.42. The molecule has 0 amide bonds. The maximum Gasteiger partial charge on any atom is 0.330 e. The van der Waals surface area contributed by atoms with Crippen molar-refractivity contribution in [3.05, 3.63) is 58.4 Å². The Kier molecular flexibility index (Phi) is 5.03. The molecule has 136 valence electrons. The Morgan fingerprint density at radius 3 is 2.81 bits per heavy atom. The second-order valence-electron chi connectivity index (χ2n) is 5.79. The summed E-state index contributed by atoms with van der Waals surface area (Å²) in [6, 6.07) is 12.0. The minimum Gasteiger partial charge on any atom is -0.458 e. The number of benzene rings is 1. The minimum atomic E-state index is -0.435. The first-order valence-electron chi connectivity index (χ1n) is 8.16. The van der Waals surface area contributed by atoms with Crippen LogP contribution in [-0.4, -0.2) is 31.2 Å². The summed E-state index contributed by atoms with van der Waals surface area (Å²) >= 11 is 3.04. The van der Waals surface area contributed by atoms with Crippen molar-refractivity contribution >= 4 is 28.6 Å². The standard InChI is InChI=1S/C18H15N5O2S2/c1-12-4-6-13(7-5-12)18-19-14(11-27-18)10-25-16(24)9-23-21-17(20-22-23)15-3-2-8-26-15/h2-8,11H,9-10H2,1H3. The molecule has 0 radical (unpaired) electrons. The van der Waals surface area contributed by atoms with E-state index in [4.69, 9.17) is 4.74 Å². The van der Waals surface area contributed by atoms with Gasteiger partial charge in [0.1, 0.15) is 11.6 Å². The van der Waals surface area contributed by atoms with Crippen LogP contribution in [0.5, 0.6) is 0 Å². The first kappa shape index (κ1) is 17.5. The first-order chi connectivity index (χ1) is 13.2. The number of aryl methyl sites for hydroxylation is 1. The molecule has 0 saturated carbocycles. The number of thiophene rings is 1. The number of hydrogen-bond donors (Lipinski definition) is 0. The van der Waals surface area contributed by atoms with Crippen LogP contribution in [0.4, 0.5) is 0 Å². The Morgan fingerprint density at radius 1 is 1.19 bits per heavy atom. The van der Waals surface area contributed by atoms with Crippen molar-refractivity contribution in [2.24, 2.45) is 0 Å². The van der Waals surface area contributed by atoms with Crippen molar-refractivity contribution in [1.82, 2.24) is 25.2 Å². The molecule has 0 fully saturated rings. The molecule has 4 aromatic rings. The number of hydrogen-bond acceptors (Lipinski definition) is 8. The molecule has 0 aliphatic carbocycles. The fourth-order valence-electron chi connectivity index (χ4n) is 2.33. The SMILES string of the molecule is Cc1ccc(-c2nc(COC(=O)Cn3nnc(-c4cccs4)n3)cs2)cc1. The van der Waals surface area contributed by atoms with Crippen LogP contribution in [0.2, 0.25) is 0 Å². The Balaban J connectivity index is 1.32. The highest BCUT2D eigenvalue weighted by molar-refractivity contribution is 7.13. The van der Waals surface area contributed by atoms with Gasteiger partial charge in [-0.1, -0.05) is 35.9 Å². The van der Waals surface area contributed by atoms with Crippen LogP contribution < -0.4 is 0 Å². The highest BCUT2D eigenvalue weighted by atomic mass is 32.1. The van der Waals surface area contributed by atoms with E-state index < -0.39 is 5.97 Å². The number of ether oxygens (including phenoxy) is 1. The van der Waals surface area contributed by atoms with Crippen LogP contribution in [0.3, 0.4) is 0 Å². The summed E-state index contributed by atoms with van der Waals surface area (Å²) in [5.41, 5.74) is 2.97. The molecule has 0 spiro atoms. The molecule has 0 aliphatic rings. The van der Waals surface area contributed by atoms with E-state index in [-0.39, 0.29) is 13.2 Å². The molecule has 3 heterocycles. The van der Waals surface area contributed by atoms with Crippen LogP contribution in [0.15, 0.2) is 47.2 Å². The quantitative estimate of drug-likeness (QED) is 0.463. The Labute approximate surface area is 163 Å². The van der Waals surface area contributed by atoms with Crippen molar-refractivity contribution in [2.45, 2.75) is 20.1 Å². The zero-order valence-electron chi connectivity index (χ0n) is 14.4. The van der Waals surface area contributed by atoms with Crippen molar-refractivity contribution < 1.29 is 9.53 Å². The highest BCUT2D eigenvalue weighted by Gasteiger charge is 2.12. The molecule has 0 unspecified atom stereocenters. The van der Waals surface area contributed by atoms with E-state index in [1.165, 1.54) is 33.0 Å². The van der Waals surface area contributed by atoms with Crippen LogP contribution in [0.25, 0.3) is 21.3 Å². The van der Waals surface area contributed by atoms with Gasteiger partial charge in [-0.3, -0.25) is 0 Å². The summed E-state index contributed by atoms with van der Waals surface area (Å²) in [4.78, 5) is 18.7. The fourth-order valence-corrected chi connectivity index (χ4v) is 3.79. The lowest BCUT2D eigenvalue weighted by Gasteiger charge is -2.01. The Bertz CT molecular complexity index is 1040. The number of tetrazole rings is 1. The van der Waals surface area contributed by atoms with Gasteiger partial charge in [0.15, 0.2) is 6.54 Å². The van der Waals surface area contributed by atoms with Gasteiger partial charge in [0.2, 0.25) is 5.82 Å². The predicted octanol–water partition coefficient (Wildman–Crippen LogP) is 3.58. The minimum absolute atomic E-state index is 0.0899. The molecule has 0 bridgehead atoms. The molecule has 0 saturated heterocycles. The summed E-state index contributed by atoms with van der Waals surface area (Å²) in [6.07, 6.45) is 0. The van der Waals surface area contributed by atoms with Crippen molar-refractivity contribution in [3.63, 3.8) is 0 Å². The summed E-state index contributed by atoms with van der Waals surface area (Å²) < 4.78 is 5.28. The molecule has 27 heavy (non-hydrogen) atoms. The average molecular weight is 397 g/mol. The number of carbonyl (C=O) groups excluding carboxylic acids is 1. The summed E-state index contributed by atoms with van der Waals surface area (Å²) in [6.45, 7) is 2.07. The van der Waals surface area contributed by atoms with E-state index in [0.717, 1.165) is 21.1 Å². The van der Waals surface area contributed by atoms with Crippen LogP contribution >= 0.6 is 22.7 Å². The zero-order chi connectivity index (χ0) is 18.6. The second kappa shape index (κ2) is 7.77. The molecule has 0 N–H and O–H groups in total. The highest BCUT2D eigenvalue weighted by Crippen LogP contribution is 2.24. The van der Waals surface area contributed by atoms with Gasteiger partial charge in [-0.15, -0.1) is 32.9 Å². The lowest BCUT2D eigenvalue weighted by Crippen LogP contribution is -2.15. The third kappa shape index (κ3) is 4.26. The maximum absolute atomic E-state index is 12.0. The van der Waals surface area contributed by atoms with Gasteiger partial charge in [0.05, 0.1) is 10.6 Å². The topological polar surface area (TPSA) is 82.8 Å². The zero-order valence-corrected chi connectivity index (χ0v) is 16.0. The fraction of sp³-hybridized carbons (Fsp3) is 0.167. The van der Waals surface area contributed by atoms with Gasteiger partial charge in [0, 0.05) is 10.9 Å². The molecule has 1 aromatic carbocycles. The number of nitrogens with zero attached hydrogens (tertiary/aromatic N) is 5. The molecule has 0 aliphatic heterocycles. The first-order valence-corrected chi connectivity index (χ1v) is 9.92. The number of aromatic nitrogens is 5. The van der Waals surface area contributed by atoms with Gasteiger partial charge in [-0.25, -0.2) is 9.78 Å². The number of esters is 1. The van der Waals surface area contributed by atoms with E-state index in [0.29, 0.717) is 5.82 Å². The van der Waals surface area contributed by atoms with E-state index >= 15 is 0 Å². The molecular weight excluding hydrogens is 382 g/mol. The maximum atomic E-state index is 12.0. The normalized spacial score (nSPS) is 10.9. The molecule has 9 heteroatoms. The molecule has 7 nitrogen and oxygen atoms in total. The summed E-state index contributed by atoms with van der Waals surface area (Å²) in [7, 11) is 0. The van der Waals surface area contributed by atoms with Crippen molar-refractivity contribution in [1.29, 1.82) is 0 Å². The number of carbonyl (C=O) groups is 1. The van der Waals surface area contributed by atoms with E-state index in [1.807, 2.05) is 54.1 Å². The second-order valence-corrected chi connectivity index (χ2v) is 7.60. The lowest BCUT2D eigenvalue weighted by atomic mass is 10.2. The predicted molar refractivity (Wildman–Crippen MR) is 103 cm³/mol. The third-order valence-electron chi connectivity index (χ3n) is 3.70. The largest absolute Gasteiger partial charge is 0.458 e. The van der Waals surface area contributed by atoms with E-state index in [1.54, 1.807) is 0 Å². The molecular formula is C18H15N5O2S2. The monoisotopic (exact) mass is 397 g/mol. The van der Waals surface area contributed by atoms with Gasteiger partial charge in [-0.2, -0.15) is 4.80 Å². The lowest BCUT2D eigenvalue weighted by molar-refractivity contribution is -0.146. The van der Waals surface area contributed by atoms with Crippen LogP contribution in [0, 0.1) is 6.92 Å². The number of rotatable bonds is 6. The summed E-state index contributed by atoms with van der Waals surface area (Å²) in [5, 5.41) is 16.8. The van der Waals surface area contributed by atoms with Gasteiger partial charge < -0.3 is 4.74 Å². The van der Waals surface area contributed by atoms with Crippen molar-refractivity contribution in [3.8, 4) is 21.3 Å². The molecule has 0 atom stereocenters. The van der Waals surface area contributed by atoms with Crippen molar-refractivity contribution in [2.75, 3.05) is 0 Å². The van der Waals surface area contributed by atoms with Crippen LogP contribution in [0.1, 0.15) is 11.3 Å². The molecule has 4 rings (SSSR count). The molecule has 3 aromatic heterocycles. The van der Waals surface area contributed by atoms with E-state index in [2.05, 4.69) is 20.4 Å². The van der Waals surface area contributed by atoms with Crippen LogP contribution in [-0.2, 0) is 22.7 Å². The smallest absolute Gasteiger partial charge is 0.330 e.